The Morgan fingerprint density at radius 1 is 1.30 bits per heavy atom. The van der Waals surface area contributed by atoms with Gasteiger partial charge in [-0.15, -0.1) is 0 Å². The van der Waals surface area contributed by atoms with Crippen LogP contribution in [0.15, 0.2) is 24.3 Å². The van der Waals surface area contributed by atoms with Crippen LogP contribution in [0.1, 0.15) is 19.8 Å². The first-order valence-electron chi connectivity index (χ1n) is 7.00. The first-order valence-corrected chi connectivity index (χ1v) is 7.00. The minimum absolute atomic E-state index is 0.00445. The van der Waals surface area contributed by atoms with E-state index in [1.54, 1.807) is 17.0 Å². The maximum absolute atomic E-state index is 12.0. The third kappa shape index (κ3) is 3.63. The van der Waals surface area contributed by atoms with E-state index in [0.29, 0.717) is 18.9 Å². The van der Waals surface area contributed by atoms with Gasteiger partial charge in [-0.2, -0.15) is 0 Å². The van der Waals surface area contributed by atoms with E-state index in [1.165, 1.54) is 0 Å². The summed E-state index contributed by atoms with van der Waals surface area (Å²) in [7, 11) is 0. The predicted molar refractivity (Wildman–Crippen MR) is 74.9 cm³/mol. The summed E-state index contributed by atoms with van der Waals surface area (Å²) in [6.45, 7) is 3.28. The maximum atomic E-state index is 12.0. The molecular weight excluding hydrogens is 258 g/mol. The summed E-state index contributed by atoms with van der Waals surface area (Å²) in [5, 5.41) is 9.20. The average Bonchev–Trinajstić information content (AvgIpc) is 2.95. The van der Waals surface area contributed by atoms with Crippen molar-refractivity contribution in [2.24, 2.45) is 0 Å². The quantitative estimate of drug-likeness (QED) is 0.856. The number of nitrogens with zero attached hydrogens (tertiary/aromatic N) is 1. The standard InChI is InChI=1S/C15H21NO4/c1-2-19-13-5-7-14(8-6-13)20-11-15(18)16-9-3-4-12(16)10-17/h5-8,12,17H,2-4,9-11H2,1H3/t12-/m1/s1. The van der Waals surface area contributed by atoms with E-state index in [0.717, 1.165) is 18.6 Å². The summed E-state index contributed by atoms with van der Waals surface area (Å²) < 4.78 is 10.8. The highest BCUT2D eigenvalue weighted by Crippen LogP contribution is 2.19. The number of benzene rings is 1. The summed E-state index contributed by atoms with van der Waals surface area (Å²) >= 11 is 0. The molecular formula is C15H21NO4. The Morgan fingerprint density at radius 3 is 2.55 bits per heavy atom. The molecule has 1 fully saturated rings. The monoisotopic (exact) mass is 279 g/mol. The van der Waals surface area contributed by atoms with E-state index in [-0.39, 0.29) is 25.2 Å². The summed E-state index contributed by atoms with van der Waals surface area (Å²) in [4.78, 5) is 13.7. The molecule has 0 aromatic heterocycles. The van der Waals surface area contributed by atoms with Crippen molar-refractivity contribution in [3.8, 4) is 11.5 Å². The number of likely N-dealkylation sites (tertiary alicyclic amines) is 1. The highest BCUT2D eigenvalue weighted by Gasteiger charge is 2.28. The lowest BCUT2D eigenvalue weighted by atomic mass is 10.2. The van der Waals surface area contributed by atoms with E-state index in [2.05, 4.69) is 0 Å². The van der Waals surface area contributed by atoms with Crippen LogP contribution < -0.4 is 9.47 Å². The van der Waals surface area contributed by atoms with Crippen molar-refractivity contribution in [1.82, 2.24) is 4.90 Å². The number of carbonyl (C=O) groups excluding carboxylic acids is 1. The largest absolute Gasteiger partial charge is 0.494 e. The fourth-order valence-corrected chi connectivity index (χ4v) is 2.38. The predicted octanol–water partition coefficient (Wildman–Crippen LogP) is 1.45. The number of hydrogen-bond donors (Lipinski definition) is 1. The first-order chi connectivity index (χ1) is 9.74. The van der Waals surface area contributed by atoms with Crippen LogP contribution in [0.3, 0.4) is 0 Å². The molecule has 1 aliphatic heterocycles. The van der Waals surface area contributed by atoms with E-state index in [9.17, 15) is 9.90 Å². The minimum Gasteiger partial charge on any atom is -0.494 e. The van der Waals surface area contributed by atoms with Crippen molar-refractivity contribution < 1.29 is 19.4 Å². The van der Waals surface area contributed by atoms with E-state index in [1.807, 2.05) is 19.1 Å². The van der Waals surface area contributed by atoms with Gasteiger partial charge in [-0.3, -0.25) is 4.79 Å². The summed E-state index contributed by atoms with van der Waals surface area (Å²) in [6.07, 6.45) is 1.81. The number of carbonyl (C=O) groups is 1. The SMILES string of the molecule is CCOc1ccc(OCC(=O)N2CCC[C@@H]2CO)cc1. The summed E-state index contributed by atoms with van der Waals surface area (Å²) in [5.41, 5.74) is 0. The number of hydrogen-bond acceptors (Lipinski definition) is 4. The zero-order valence-corrected chi connectivity index (χ0v) is 11.7. The van der Waals surface area contributed by atoms with Crippen LogP contribution in [-0.2, 0) is 4.79 Å². The molecule has 2 rings (SSSR count). The molecule has 0 aliphatic carbocycles. The van der Waals surface area contributed by atoms with Gasteiger partial charge in [0.1, 0.15) is 11.5 Å². The van der Waals surface area contributed by atoms with Crippen molar-refractivity contribution in [2.75, 3.05) is 26.4 Å². The lowest BCUT2D eigenvalue weighted by Crippen LogP contribution is -2.40. The van der Waals surface area contributed by atoms with Gasteiger partial charge in [0.05, 0.1) is 19.3 Å². The second kappa shape index (κ2) is 7.14. The molecule has 0 saturated carbocycles. The molecule has 1 aliphatic rings. The van der Waals surface area contributed by atoms with Crippen LogP contribution in [0.2, 0.25) is 0 Å². The molecule has 0 radical (unpaired) electrons. The summed E-state index contributed by atoms with van der Waals surface area (Å²) in [6, 6.07) is 7.15. The van der Waals surface area contributed by atoms with Crippen LogP contribution >= 0.6 is 0 Å². The Balaban J connectivity index is 1.83. The Bertz CT molecular complexity index is 432. The molecule has 5 nitrogen and oxygen atoms in total. The second-order valence-electron chi connectivity index (χ2n) is 4.76. The lowest BCUT2D eigenvalue weighted by Gasteiger charge is -2.22. The Hall–Kier alpha value is -1.75. The zero-order chi connectivity index (χ0) is 14.4. The van der Waals surface area contributed by atoms with Crippen molar-refractivity contribution >= 4 is 5.91 Å². The van der Waals surface area contributed by atoms with E-state index >= 15 is 0 Å². The van der Waals surface area contributed by atoms with Gasteiger partial charge in [0, 0.05) is 6.54 Å². The number of aliphatic hydroxyl groups is 1. The van der Waals surface area contributed by atoms with Gasteiger partial charge in [-0.1, -0.05) is 0 Å². The fraction of sp³-hybridized carbons (Fsp3) is 0.533. The molecule has 1 aromatic rings. The Morgan fingerprint density at radius 2 is 1.95 bits per heavy atom. The third-order valence-electron chi connectivity index (χ3n) is 3.41. The minimum atomic E-state index is -0.0737. The molecule has 110 valence electrons. The van der Waals surface area contributed by atoms with Crippen molar-refractivity contribution in [1.29, 1.82) is 0 Å². The number of ether oxygens (including phenoxy) is 2. The molecule has 5 heteroatoms. The molecule has 1 N–H and O–H groups in total. The normalized spacial score (nSPS) is 18.1. The molecule has 20 heavy (non-hydrogen) atoms. The third-order valence-corrected chi connectivity index (χ3v) is 3.41. The smallest absolute Gasteiger partial charge is 0.260 e. The number of rotatable bonds is 6. The van der Waals surface area contributed by atoms with Crippen molar-refractivity contribution in [2.45, 2.75) is 25.8 Å². The molecule has 1 amide bonds. The molecule has 0 bridgehead atoms. The van der Waals surface area contributed by atoms with Gasteiger partial charge in [-0.25, -0.2) is 0 Å². The number of amides is 1. The molecule has 1 atom stereocenters. The fourth-order valence-electron chi connectivity index (χ4n) is 2.38. The molecule has 1 heterocycles. The van der Waals surface area contributed by atoms with E-state index < -0.39 is 0 Å². The van der Waals surface area contributed by atoms with Crippen LogP contribution in [-0.4, -0.2) is 48.3 Å². The van der Waals surface area contributed by atoms with E-state index in [4.69, 9.17) is 9.47 Å². The van der Waals surface area contributed by atoms with Gasteiger partial charge in [0.15, 0.2) is 6.61 Å². The van der Waals surface area contributed by atoms with Gasteiger partial charge in [-0.05, 0) is 44.0 Å². The van der Waals surface area contributed by atoms with Crippen molar-refractivity contribution in [3.63, 3.8) is 0 Å². The molecule has 0 unspecified atom stereocenters. The van der Waals surface area contributed by atoms with Gasteiger partial charge in [0.25, 0.3) is 5.91 Å². The van der Waals surface area contributed by atoms with Crippen molar-refractivity contribution in [3.05, 3.63) is 24.3 Å². The van der Waals surface area contributed by atoms with Gasteiger partial charge < -0.3 is 19.5 Å². The average molecular weight is 279 g/mol. The first kappa shape index (κ1) is 14.7. The Labute approximate surface area is 119 Å². The van der Waals surface area contributed by atoms with Crippen LogP contribution in [0.4, 0.5) is 0 Å². The topological polar surface area (TPSA) is 59.0 Å². The van der Waals surface area contributed by atoms with Gasteiger partial charge in [0.2, 0.25) is 0 Å². The maximum Gasteiger partial charge on any atom is 0.260 e. The zero-order valence-electron chi connectivity index (χ0n) is 11.7. The highest BCUT2D eigenvalue weighted by molar-refractivity contribution is 5.78. The molecule has 1 aromatic carbocycles. The molecule has 0 spiro atoms. The van der Waals surface area contributed by atoms with Crippen LogP contribution in [0.25, 0.3) is 0 Å². The van der Waals surface area contributed by atoms with Crippen LogP contribution in [0.5, 0.6) is 11.5 Å². The molecule has 1 saturated heterocycles. The number of aliphatic hydroxyl groups excluding tert-OH is 1. The highest BCUT2D eigenvalue weighted by atomic mass is 16.5. The Kier molecular flexibility index (Phi) is 5.24. The van der Waals surface area contributed by atoms with Gasteiger partial charge >= 0.3 is 0 Å². The van der Waals surface area contributed by atoms with Crippen LogP contribution in [0, 0.1) is 0 Å². The summed E-state index contributed by atoms with van der Waals surface area (Å²) in [5.74, 6) is 1.35. The second-order valence-corrected chi connectivity index (χ2v) is 4.76. The lowest BCUT2D eigenvalue weighted by molar-refractivity contribution is -0.134.